The van der Waals surface area contributed by atoms with Crippen LogP contribution in [0.3, 0.4) is 0 Å². The normalized spacial score (nSPS) is 11.4. The summed E-state index contributed by atoms with van der Waals surface area (Å²) >= 11 is 5.69. The quantitative estimate of drug-likeness (QED) is 0.0380. The van der Waals surface area contributed by atoms with Gasteiger partial charge >= 0.3 is 0 Å². The number of rotatable bonds is 18. The van der Waals surface area contributed by atoms with Gasteiger partial charge in [-0.3, -0.25) is 4.79 Å². The van der Waals surface area contributed by atoms with Gasteiger partial charge in [0.05, 0.1) is 17.6 Å². The van der Waals surface area contributed by atoms with Gasteiger partial charge in [-0.05, 0) is 47.7 Å². The smallest absolute Gasteiger partial charge is 0.176 e. The lowest BCUT2D eigenvalue weighted by Crippen LogP contribution is -2.18. The van der Waals surface area contributed by atoms with Gasteiger partial charge in [0.2, 0.25) is 0 Å². The second kappa shape index (κ2) is 18.5. The molecule has 6 nitrogen and oxygen atoms in total. The third kappa shape index (κ3) is 10.2. The third-order valence-corrected chi connectivity index (χ3v) is 9.08. The van der Waals surface area contributed by atoms with Gasteiger partial charge in [-0.1, -0.05) is 130 Å². The van der Waals surface area contributed by atoms with Crippen LogP contribution >= 0.6 is 38.5 Å². The van der Waals surface area contributed by atoms with E-state index in [0.29, 0.717) is 67.2 Å². The first-order chi connectivity index (χ1) is 23.5. The zero-order valence-electron chi connectivity index (χ0n) is 26.8. The Labute approximate surface area is 304 Å². The summed E-state index contributed by atoms with van der Waals surface area (Å²) in [6.45, 7) is 1.62. The van der Waals surface area contributed by atoms with Gasteiger partial charge in [0, 0.05) is 28.6 Å². The van der Waals surface area contributed by atoms with Crippen molar-refractivity contribution in [3.05, 3.63) is 149 Å². The lowest BCUT2D eigenvalue weighted by Gasteiger charge is -2.20. The van der Waals surface area contributed by atoms with Crippen molar-refractivity contribution in [1.82, 2.24) is 0 Å². The highest BCUT2D eigenvalue weighted by molar-refractivity contribution is 14.1. The first-order valence-electron chi connectivity index (χ1n) is 15.8. The number of Topliss-reactive ketones (excluding diaryl/α,β-unsaturated/α-hetero) is 1. The lowest BCUT2D eigenvalue weighted by atomic mass is 10.0. The summed E-state index contributed by atoms with van der Waals surface area (Å²) in [5.74, 6) is 2.93. The molecule has 5 rings (SSSR count). The SMILES string of the molecule is COc1ccc(C(=O)C(I)Cc2c(OCc3ccccc3)cc(OCCCBr)cc2OCc2ccccc2)cc1OCc1ccccc1. The first-order valence-corrected chi connectivity index (χ1v) is 18.1. The second-order valence-corrected chi connectivity index (χ2v) is 13.3. The molecular formula is C40H38BrIO6. The summed E-state index contributed by atoms with van der Waals surface area (Å²) in [7, 11) is 1.59. The highest BCUT2D eigenvalue weighted by atomic mass is 127. The molecule has 0 N–H and O–H groups in total. The Morgan fingerprint density at radius 3 is 1.62 bits per heavy atom. The number of ether oxygens (including phenoxy) is 5. The third-order valence-electron chi connectivity index (χ3n) is 7.52. The first kappa shape index (κ1) is 35.3. The van der Waals surface area contributed by atoms with E-state index >= 15 is 0 Å². The van der Waals surface area contributed by atoms with Crippen molar-refractivity contribution in [1.29, 1.82) is 0 Å². The topological polar surface area (TPSA) is 63.2 Å². The predicted octanol–water partition coefficient (Wildman–Crippen LogP) is 9.82. The average molecular weight is 822 g/mol. The van der Waals surface area contributed by atoms with E-state index in [1.54, 1.807) is 25.3 Å². The van der Waals surface area contributed by atoms with Gasteiger partial charge in [-0.15, -0.1) is 0 Å². The molecule has 0 heterocycles. The van der Waals surface area contributed by atoms with E-state index in [4.69, 9.17) is 23.7 Å². The predicted molar refractivity (Wildman–Crippen MR) is 202 cm³/mol. The van der Waals surface area contributed by atoms with Gasteiger partial charge in [-0.2, -0.15) is 0 Å². The van der Waals surface area contributed by atoms with Gasteiger partial charge < -0.3 is 23.7 Å². The van der Waals surface area contributed by atoms with Crippen LogP contribution < -0.4 is 23.7 Å². The van der Waals surface area contributed by atoms with Crippen LogP contribution in [0.5, 0.6) is 28.7 Å². The van der Waals surface area contributed by atoms with Crippen molar-refractivity contribution < 1.29 is 28.5 Å². The van der Waals surface area contributed by atoms with Crippen LogP contribution in [-0.4, -0.2) is 28.8 Å². The molecule has 5 aromatic carbocycles. The maximum atomic E-state index is 14.0. The Morgan fingerprint density at radius 2 is 1.15 bits per heavy atom. The maximum absolute atomic E-state index is 14.0. The highest BCUT2D eigenvalue weighted by Crippen LogP contribution is 2.38. The van der Waals surface area contributed by atoms with E-state index < -0.39 is 3.92 Å². The average Bonchev–Trinajstić information content (AvgIpc) is 3.14. The summed E-state index contributed by atoms with van der Waals surface area (Å²) in [5, 5.41) is 0.836. The molecule has 0 aromatic heterocycles. The van der Waals surface area contributed by atoms with E-state index in [9.17, 15) is 4.79 Å². The molecule has 0 saturated carbocycles. The summed E-state index contributed by atoms with van der Waals surface area (Å²) in [4.78, 5) is 14.0. The number of hydrogen-bond donors (Lipinski definition) is 0. The second-order valence-electron chi connectivity index (χ2n) is 11.0. The number of halogens is 2. The van der Waals surface area contributed by atoms with Crippen molar-refractivity contribution in [2.24, 2.45) is 0 Å². The van der Waals surface area contributed by atoms with Crippen LogP contribution in [0, 0.1) is 0 Å². The molecule has 248 valence electrons. The molecule has 8 heteroatoms. The van der Waals surface area contributed by atoms with Gasteiger partial charge in [0.1, 0.15) is 37.1 Å². The van der Waals surface area contributed by atoms with Gasteiger partial charge in [-0.25, -0.2) is 0 Å². The molecule has 0 amide bonds. The fourth-order valence-electron chi connectivity index (χ4n) is 4.98. The molecule has 0 radical (unpaired) electrons. The Morgan fingerprint density at radius 1 is 0.646 bits per heavy atom. The Hall–Kier alpha value is -4.02. The minimum absolute atomic E-state index is 0.0384. The van der Waals surface area contributed by atoms with Crippen molar-refractivity contribution in [3.8, 4) is 28.7 Å². The summed E-state index contributed by atoms with van der Waals surface area (Å²) < 4.78 is 30.2. The zero-order valence-corrected chi connectivity index (χ0v) is 30.5. The minimum Gasteiger partial charge on any atom is -0.493 e. The molecule has 0 bridgehead atoms. The number of carbonyl (C=O) groups is 1. The minimum atomic E-state index is -0.434. The highest BCUT2D eigenvalue weighted by Gasteiger charge is 2.25. The Bertz CT molecular complexity index is 1670. The van der Waals surface area contributed by atoms with Crippen molar-refractivity contribution in [2.75, 3.05) is 19.0 Å². The van der Waals surface area contributed by atoms with E-state index in [-0.39, 0.29) is 5.78 Å². The molecule has 0 fully saturated rings. The molecular weight excluding hydrogens is 783 g/mol. The molecule has 0 aliphatic heterocycles. The summed E-state index contributed by atoms with van der Waals surface area (Å²) in [6, 6.07) is 39.0. The molecule has 1 atom stereocenters. The molecule has 0 aliphatic rings. The number of alkyl halides is 2. The van der Waals surface area contributed by atoms with Crippen LogP contribution in [0.15, 0.2) is 121 Å². The summed E-state index contributed by atoms with van der Waals surface area (Å²) in [6.07, 6.45) is 1.23. The van der Waals surface area contributed by atoms with Crippen LogP contribution in [0.4, 0.5) is 0 Å². The lowest BCUT2D eigenvalue weighted by molar-refractivity contribution is 0.0993. The maximum Gasteiger partial charge on any atom is 0.176 e. The van der Waals surface area contributed by atoms with Gasteiger partial charge in [0.15, 0.2) is 17.3 Å². The zero-order chi connectivity index (χ0) is 33.6. The van der Waals surface area contributed by atoms with Crippen molar-refractivity contribution in [3.63, 3.8) is 0 Å². The standard InChI is InChI=1S/C40H38BrIO6/c1-44-36-19-18-32(22-39(36)48-28-31-16-9-4-10-17-31)40(43)35(42)25-34-37(46-26-29-12-5-2-6-13-29)23-33(45-21-11-20-41)24-38(34)47-27-30-14-7-3-8-15-30/h2-10,12-19,22-24,35H,11,20-21,25-28H2,1H3. The number of carbonyl (C=O) groups excluding carboxylic acids is 1. The number of benzene rings is 5. The Kier molecular flexibility index (Phi) is 13.6. The van der Waals surface area contributed by atoms with Crippen LogP contribution in [-0.2, 0) is 26.2 Å². The Balaban J connectivity index is 1.43. The number of methoxy groups -OCH3 is 1. The van der Waals surface area contributed by atoms with Crippen molar-refractivity contribution >= 4 is 44.3 Å². The van der Waals surface area contributed by atoms with E-state index in [2.05, 4.69) is 38.5 Å². The monoisotopic (exact) mass is 820 g/mol. The largest absolute Gasteiger partial charge is 0.493 e. The van der Waals surface area contributed by atoms with Gasteiger partial charge in [0.25, 0.3) is 0 Å². The number of ketones is 1. The summed E-state index contributed by atoms with van der Waals surface area (Å²) in [5.41, 5.74) is 4.42. The fourth-order valence-corrected chi connectivity index (χ4v) is 6.01. The molecule has 5 aromatic rings. The molecule has 0 aliphatic carbocycles. The van der Waals surface area contributed by atoms with E-state index in [1.165, 1.54) is 0 Å². The van der Waals surface area contributed by atoms with Crippen LogP contribution in [0.1, 0.15) is 39.0 Å². The fraction of sp³-hybridized carbons (Fsp3) is 0.225. The number of hydrogen-bond acceptors (Lipinski definition) is 6. The molecule has 0 saturated heterocycles. The molecule has 0 spiro atoms. The van der Waals surface area contributed by atoms with Crippen molar-refractivity contribution in [2.45, 2.75) is 36.6 Å². The van der Waals surface area contributed by atoms with E-state index in [0.717, 1.165) is 34.0 Å². The molecule has 48 heavy (non-hydrogen) atoms. The molecule has 1 unspecified atom stereocenters. The van der Waals surface area contributed by atoms with Crippen LogP contribution in [0.25, 0.3) is 0 Å². The van der Waals surface area contributed by atoms with Crippen LogP contribution in [0.2, 0.25) is 0 Å². The van der Waals surface area contributed by atoms with E-state index in [1.807, 2.05) is 103 Å².